The van der Waals surface area contributed by atoms with Crippen molar-refractivity contribution < 1.29 is 31.1 Å². The Morgan fingerprint density at radius 3 is 2.45 bits per heavy atom. The molecule has 0 unspecified atom stereocenters. The van der Waals surface area contributed by atoms with Gasteiger partial charge in [-0.2, -0.15) is 17.5 Å². The van der Waals surface area contributed by atoms with E-state index < -0.39 is 27.7 Å². The molecule has 0 aromatic heterocycles. The van der Waals surface area contributed by atoms with Crippen molar-refractivity contribution in [3.63, 3.8) is 0 Å². The van der Waals surface area contributed by atoms with Crippen LogP contribution in [0.25, 0.3) is 0 Å². The van der Waals surface area contributed by atoms with Gasteiger partial charge in [-0.3, -0.25) is 4.79 Å². The number of benzene rings is 2. The van der Waals surface area contributed by atoms with Gasteiger partial charge in [-0.15, -0.1) is 0 Å². The number of carbonyl (C=O) groups is 1. The van der Waals surface area contributed by atoms with Crippen LogP contribution in [0.4, 0.5) is 18.9 Å². The number of hydrogen-bond acceptors (Lipinski definition) is 4. The Kier molecular flexibility index (Phi) is 6.25. The maximum atomic E-state index is 12.8. The Morgan fingerprint density at radius 1 is 1.07 bits per heavy atom. The minimum Gasteiger partial charge on any atom is -0.379 e. The van der Waals surface area contributed by atoms with E-state index in [1.165, 1.54) is 40.7 Å². The molecule has 156 valence electrons. The summed E-state index contributed by atoms with van der Waals surface area (Å²) in [6.45, 7) is 1.11. The normalized spacial score (nSPS) is 15.8. The van der Waals surface area contributed by atoms with Gasteiger partial charge in [0, 0.05) is 18.8 Å². The lowest BCUT2D eigenvalue weighted by molar-refractivity contribution is -0.137. The van der Waals surface area contributed by atoms with E-state index in [-0.39, 0.29) is 35.7 Å². The number of nitrogens with one attached hydrogen (secondary N) is 1. The molecule has 0 saturated carbocycles. The molecule has 0 bridgehead atoms. The number of morpholine rings is 1. The lowest BCUT2D eigenvalue weighted by atomic mass is 10.1. The number of sulfonamides is 1. The van der Waals surface area contributed by atoms with Crippen molar-refractivity contribution in [2.45, 2.75) is 17.5 Å². The van der Waals surface area contributed by atoms with Crippen LogP contribution in [0.2, 0.25) is 0 Å². The van der Waals surface area contributed by atoms with Gasteiger partial charge in [-0.1, -0.05) is 24.3 Å². The van der Waals surface area contributed by atoms with Crippen molar-refractivity contribution in [1.82, 2.24) is 4.31 Å². The first-order valence-corrected chi connectivity index (χ1v) is 10.2. The van der Waals surface area contributed by atoms with Gasteiger partial charge in [0.2, 0.25) is 15.9 Å². The summed E-state index contributed by atoms with van der Waals surface area (Å²) >= 11 is 0. The number of rotatable bonds is 5. The molecular weight excluding hydrogens is 409 g/mol. The summed E-state index contributed by atoms with van der Waals surface area (Å²) in [6.07, 6.45) is -4.76. The van der Waals surface area contributed by atoms with Gasteiger partial charge in [0.15, 0.2) is 0 Å². The summed E-state index contributed by atoms with van der Waals surface area (Å²) in [4.78, 5) is 12.3. The van der Waals surface area contributed by atoms with E-state index in [2.05, 4.69) is 5.32 Å². The van der Waals surface area contributed by atoms with Crippen LogP contribution in [0.3, 0.4) is 0 Å². The van der Waals surface area contributed by atoms with Crippen LogP contribution in [0.5, 0.6) is 0 Å². The smallest absolute Gasteiger partial charge is 0.379 e. The lowest BCUT2D eigenvalue weighted by Gasteiger charge is -2.26. The first-order chi connectivity index (χ1) is 13.7. The highest BCUT2D eigenvalue weighted by Crippen LogP contribution is 2.29. The predicted molar refractivity (Wildman–Crippen MR) is 99.8 cm³/mol. The molecule has 1 saturated heterocycles. The fourth-order valence-corrected chi connectivity index (χ4v) is 4.37. The average Bonchev–Trinajstić information content (AvgIpc) is 2.68. The van der Waals surface area contributed by atoms with Crippen molar-refractivity contribution in [3.05, 3.63) is 59.7 Å². The molecule has 6 nitrogen and oxygen atoms in total. The van der Waals surface area contributed by atoms with Crippen LogP contribution >= 0.6 is 0 Å². The Hall–Kier alpha value is -2.43. The summed E-state index contributed by atoms with van der Waals surface area (Å²) in [7, 11) is -3.72. The zero-order valence-electron chi connectivity index (χ0n) is 15.3. The Morgan fingerprint density at radius 2 is 1.76 bits per heavy atom. The zero-order chi connectivity index (χ0) is 21.1. The molecular formula is C19H19F3N2O4S. The van der Waals surface area contributed by atoms with Gasteiger partial charge in [0.25, 0.3) is 0 Å². The molecule has 3 rings (SSSR count). The maximum absolute atomic E-state index is 12.8. The molecule has 1 N–H and O–H groups in total. The molecule has 10 heteroatoms. The Labute approximate surface area is 166 Å². The van der Waals surface area contributed by atoms with Gasteiger partial charge in [0.05, 0.1) is 30.1 Å². The molecule has 2 aromatic rings. The number of amides is 1. The van der Waals surface area contributed by atoms with Gasteiger partial charge in [0.1, 0.15) is 0 Å². The molecule has 0 atom stereocenters. The molecule has 0 spiro atoms. The SMILES string of the molecule is O=C(Cc1cccc(C(F)(F)F)c1)Nc1cccc(S(=O)(=O)N2CCOCC2)c1. The van der Waals surface area contributed by atoms with E-state index in [0.29, 0.717) is 13.2 Å². The molecule has 1 fully saturated rings. The highest BCUT2D eigenvalue weighted by atomic mass is 32.2. The third-order valence-electron chi connectivity index (χ3n) is 4.34. The van der Waals surface area contributed by atoms with E-state index in [0.717, 1.165) is 12.1 Å². The number of carbonyl (C=O) groups excluding carboxylic acids is 1. The van der Waals surface area contributed by atoms with Crippen molar-refractivity contribution >= 4 is 21.6 Å². The zero-order valence-corrected chi connectivity index (χ0v) is 16.1. The van der Waals surface area contributed by atoms with Crippen molar-refractivity contribution in [3.8, 4) is 0 Å². The van der Waals surface area contributed by atoms with Gasteiger partial charge in [-0.05, 0) is 29.8 Å². The Bertz CT molecular complexity index is 987. The summed E-state index contributed by atoms with van der Waals surface area (Å²) in [5.74, 6) is -0.551. The van der Waals surface area contributed by atoms with Crippen LogP contribution in [0.15, 0.2) is 53.4 Å². The third-order valence-corrected chi connectivity index (χ3v) is 6.24. The highest BCUT2D eigenvalue weighted by Gasteiger charge is 2.30. The van der Waals surface area contributed by atoms with Crippen LogP contribution in [0.1, 0.15) is 11.1 Å². The second kappa shape index (κ2) is 8.52. The summed E-state index contributed by atoms with van der Waals surface area (Å²) in [5, 5.41) is 2.54. The topological polar surface area (TPSA) is 75.7 Å². The number of halogens is 3. The molecule has 1 aliphatic heterocycles. The number of hydrogen-bond donors (Lipinski definition) is 1. The summed E-state index contributed by atoms with van der Waals surface area (Å²) < 4.78 is 70.2. The average molecular weight is 428 g/mol. The van der Waals surface area contributed by atoms with Crippen molar-refractivity contribution in [2.24, 2.45) is 0 Å². The first-order valence-electron chi connectivity index (χ1n) is 8.80. The Balaban J connectivity index is 1.71. The molecule has 1 heterocycles. The fourth-order valence-electron chi connectivity index (χ4n) is 2.92. The minimum atomic E-state index is -4.49. The monoisotopic (exact) mass is 428 g/mol. The van der Waals surface area contributed by atoms with E-state index >= 15 is 0 Å². The van der Waals surface area contributed by atoms with Crippen LogP contribution < -0.4 is 5.32 Å². The quantitative estimate of drug-likeness (QED) is 0.795. The van der Waals surface area contributed by atoms with E-state index in [1.807, 2.05) is 0 Å². The maximum Gasteiger partial charge on any atom is 0.416 e. The molecule has 0 radical (unpaired) electrons. The summed E-state index contributed by atoms with van der Waals surface area (Å²) in [6, 6.07) is 10.3. The lowest BCUT2D eigenvalue weighted by Crippen LogP contribution is -2.40. The van der Waals surface area contributed by atoms with Crippen LogP contribution in [0, 0.1) is 0 Å². The van der Waals surface area contributed by atoms with Crippen molar-refractivity contribution in [1.29, 1.82) is 0 Å². The molecule has 1 aliphatic rings. The molecule has 2 aromatic carbocycles. The van der Waals surface area contributed by atoms with Crippen LogP contribution in [-0.4, -0.2) is 44.9 Å². The van der Waals surface area contributed by atoms with Gasteiger partial charge in [-0.25, -0.2) is 8.42 Å². The minimum absolute atomic E-state index is 0.0243. The van der Waals surface area contributed by atoms with Crippen molar-refractivity contribution in [2.75, 3.05) is 31.6 Å². The third kappa shape index (κ3) is 5.34. The number of ether oxygens (including phenoxy) is 1. The first kappa shape index (κ1) is 21.3. The molecule has 29 heavy (non-hydrogen) atoms. The van der Waals surface area contributed by atoms with Gasteiger partial charge >= 0.3 is 6.18 Å². The largest absolute Gasteiger partial charge is 0.416 e. The van der Waals surface area contributed by atoms with Crippen LogP contribution in [-0.2, 0) is 32.2 Å². The number of alkyl halides is 3. The standard InChI is InChI=1S/C19H19F3N2O4S/c20-19(21,22)15-4-1-3-14(11-15)12-18(25)23-16-5-2-6-17(13-16)29(26,27)24-7-9-28-10-8-24/h1-6,11,13H,7-10,12H2,(H,23,25). The number of nitrogens with zero attached hydrogens (tertiary/aromatic N) is 1. The molecule has 1 amide bonds. The van der Waals surface area contributed by atoms with E-state index in [9.17, 15) is 26.4 Å². The van der Waals surface area contributed by atoms with E-state index in [4.69, 9.17) is 4.74 Å². The fraction of sp³-hybridized carbons (Fsp3) is 0.316. The van der Waals surface area contributed by atoms with Gasteiger partial charge < -0.3 is 10.1 Å². The summed E-state index contributed by atoms with van der Waals surface area (Å²) in [5.41, 5.74) is -0.382. The highest BCUT2D eigenvalue weighted by molar-refractivity contribution is 7.89. The van der Waals surface area contributed by atoms with E-state index in [1.54, 1.807) is 0 Å². The predicted octanol–water partition coefficient (Wildman–Crippen LogP) is 2.91. The number of anilines is 1. The molecule has 0 aliphatic carbocycles. The second-order valence-electron chi connectivity index (χ2n) is 6.47. The second-order valence-corrected chi connectivity index (χ2v) is 8.41.